The summed E-state index contributed by atoms with van der Waals surface area (Å²) in [5.41, 5.74) is 0. The van der Waals surface area contributed by atoms with Crippen molar-refractivity contribution in [1.29, 1.82) is 0 Å². The first-order valence-electron chi connectivity index (χ1n) is 10.0. The van der Waals surface area contributed by atoms with E-state index >= 15 is 0 Å². The van der Waals surface area contributed by atoms with Crippen LogP contribution in [0.25, 0.3) is 0 Å². The molecule has 1 N–H and O–H groups in total. The lowest BCUT2D eigenvalue weighted by Crippen LogP contribution is -2.45. The molecular weight excluding hydrogens is 300 g/mol. The Bertz CT molecular complexity index is 356. The summed E-state index contributed by atoms with van der Waals surface area (Å²) in [7, 11) is 4.34. The SMILES string of the molecule is CC1CCC(C(C)C)C(OCC(O)CN(C)C2CCN(C)CC2)C1. The number of aliphatic hydroxyl groups excluding tert-OH is 1. The Balaban J connectivity index is 1.74. The van der Waals surface area contributed by atoms with Gasteiger partial charge in [0.15, 0.2) is 0 Å². The molecule has 142 valence electrons. The number of hydrogen-bond acceptors (Lipinski definition) is 4. The zero-order valence-corrected chi connectivity index (χ0v) is 16.6. The maximum atomic E-state index is 10.4. The van der Waals surface area contributed by atoms with Crippen LogP contribution in [0.3, 0.4) is 0 Å². The van der Waals surface area contributed by atoms with Crippen molar-refractivity contribution in [3.05, 3.63) is 0 Å². The lowest BCUT2D eigenvalue weighted by atomic mass is 9.75. The molecule has 1 saturated heterocycles. The molecule has 4 heteroatoms. The van der Waals surface area contributed by atoms with Crippen molar-refractivity contribution in [3.8, 4) is 0 Å². The van der Waals surface area contributed by atoms with Crippen LogP contribution in [0.5, 0.6) is 0 Å². The number of aliphatic hydroxyl groups is 1. The number of hydrogen-bond donors (Lipinski definition) is 1. The minimum atomic E-state index is -0.375. The monoisotopic (exact) mass is 340 g/mol. The number of nitrogens with zero attached hydrogens (tertiary/aromatic N) is 2. The van der Waals surface area contributed by atoms with Gasteiger partial charge in [0.1, 0.15) is 0 Å². The van der Waals surface area contributed by atoms with Gasteiger partial charge in [0.05, 0.1) is 18.8 Å². The molecule has 2 rings (SSSR count). The molecule has 0 aromatic rings. The zero-order chi connectivity index (χ0) is 17.7. The summed E-state index contributed by atoms with van der Waals surface area (Å²) in [6.45, 7) is 10.5. The average Bonchev–Trinajstić information content (AvgIpc) is 2.53. The van der Waals surface area contributed by atoms with Crippen molar-refractivity contribution < 1.29 is 9.84 Å². The molecule has 4 nitrogen and oxygen atoms in total. The maximum Gasteiger partial charge on any atom is 0.0900 e. The molecule has 0 radical (unpaired) electrons. The fourth-order valence-electron chi connectivity index (χ4n) is 4.51. The van der Waals surface area contributed by atoms with E-state index in [0.717, 1.165) is 32.0 Å². The predicted octanol–water partition coefficient (Wildman–Crippen LogP) is 2.85. The van der Waals surface area contributed by atoms with Crippen molar-refractivity contribution in [1.82, 2.24) is 9.80 Å². The van der Waals surface area contributed by atoms with Crippen LogP contribution in [0, 0.1) is 17.8 Å². The standard InChI is InChI=1S/C20H40N2O2/c1-15(2)19-7-6-16(3)12-20(19)24-14-18(23)13-22(5)17-8-10-21(4)11-9-17/h15-20,23H,6-14H2,1-5H3. The van der Waals surface area contributed by atoms with E-state index in [1.54, 1.807) is 0 Å². The molecule has 1 aliphatic heterocycles. The number of likely N-dealkylation sites (N-methyl/N-ethyl adjacent to an activating group) is 1. The molecule has 2 aliphatic rings. The van der Waals surface area contributed by atoms with Crippen LogP contribution in [0.15, 0.2) is 0 Å². The number of ether oxygens (including phenoxy) is 1. The van der Waals surface area contributed by atoms with E-state index < -0.39 is 0 Å². The molecule has 1 aliphatic carbocycles. The third-order valence-electron chi connectivity index (χ3n) is 6.27. The second-order valence-corrected chi connectivity index (χ2v) is 8.83. The van der Waals surface area contributed by atoms with Gasteiger partial charge in [-0.05, 0) is 70.6 Å². The van der Waals surface area contributed by atoms with Gasteiger partial charge in [0, 0.05) is 12.6 Å². The number of rotatable bonds is 7. The minimum Gasteiger partial charge on any atom is -0.389 e. The Morgan fingerprint density at radius 1 is 1.17 bits per heavy atom. The zero-order valence-electron chi connectivity index (χ0n) is 16.6. The Morgan fingerprint density at radius 3 is 2.46 bits per heavy atom. The van der Waals surface area contributed by atoms with E-state index in [-0.39, 0.29) is 6.10 Å². The van der Waals surface area contributed by atoms with E-state index in [1.807, 2.05) is 0 Å². The normalized spacial score (nSPS) is 31.8. The van der Waals surface area contributed by atoms with E-state index in [9.17, 15) is 5.11 Å². The Morgan fingerprint density at radius 2 is 1.83 bits per heavy atom. The van der Waals surface area contributed by atoms with Crippen LogP contribution >= 0.6 is 0 Å². The molecule has 0 aromatic heterocycles. The molecule has 1 heterocycles. The van der Waals surface area contributed by atoms with Crippen molar-refractivity contribution in [2.45, 2.75) is 71.1 Å². The Hall–Kier alpha value is -0.160. The molecule has 0 amide bonds. The van der Waals surface area contributed by atoms with Gasteiger partial charge in [-0.2, -0.15) is 0 Å². The fourth-order valence-corrected chi connectivity index (χ4v) is 4.51. The second kappa shape index (κ2) is 9.51. The van der Waals surface area contributed by atoms with Crippen LogP contribution in [-0.2, 0) is 4.74 Å². The van der Waals surface area contributed by atoms with Crippen LogP contribution < -0.4 is 0 Å². The van der Waals surface area contributed by atoms with Gasteiger partial charge >= 0.3 is 0 Å². The highest BCUT2D eigenvalue weighted by Crippen LogP contribution is 2.35. The first-order valence-corrected chi connectivity index (χ1v) is 10.0. The third kappa shape index (κ3) is 5.98. The van der Waals surface area contributed by atoms with E-state index in [4.69, 9.17) is 4.74 Å². The predicted molar refractivity (Wildman–Crippen MR) is 100 cm³/mol. The third-order valence-corrected chi connectivity index (χ3v) is 6.27. The van der Waals surface area contributed by atoms with Gasteiger partial charge in [-0.1, -0.05) is 27.2 Å². The molecule has 0 bridgehead atoms. The summed E-state index contributed by atoms with van der Waals surface area (Å²) in [6, 6.07) is 0.606. The highest BCUT2D eigenvalue weighted by atomic mass is 16.5. The van der Waals surface area contributed by atoms with E-state index in [2.05, 4.69) is 44.7 Å². The molecule has 4 atom stereocenters. The van der Waals surface area contributed by atoms with Gasteiger partial charge in [0.2, 0.25) is 0 Å². The highest BCUT2D eigenvalue weighted by molar-refractivity contribution is 4.82. The number of piperidine rings is 1. The summed E-state index contributed by atoms with van der Waals surface area (Å²) < 4.78 is 6.21. The fraction of sp³-hybridized carbons (Fsp3) is 1.00. The van der Waals surface area contributed by atoms with Crippen LogP contribution in [-0.4, -0.2) is 73.5 Å². The van der Waals surface area contributed by atoms with Crippen molar-refractivity contribution in [2.75, 3.05) is 40.3 Å². The lowest BCUT2D eigenvalue weighted by molar-refractivity contribution is -0.0752. The summed E-state index contributed by atoms with van der Waals surface area (Å²) in [5, 5.41) is 10.4. The first kappa shape index (κ1) is 20.2. The lowest BCUT2D eigenvalue weighted by Gasteiger charge is -2.38. The largest absolute Gasteiger partial charge is 0.389 e. The quantitative estimate of drug-likeness (QED) is 0.773. The average molecular weight is 341 g/mol. The maximum absolute atomic E-state index is 10.4. The van der Waals surface area contributed by atoms with Crippen LogP contribution in [0.1, 0.15) is 52.9 Å². The van der Waals surface area contributed by atoms with Crippen molar-refractivity contribution >= 4 is 0 Å². The highest BCUT2D eigenvalue weighted by Gasteiger charge is 2.32. The van der Waals surface area contributed by atoms with Crippen molar-refractivity contribution in [3.63, 3.8) is 0 Å². The molecule has 2 fully saturated rings. The molecule has 4 unspecified atom stereocenters. The topological polar surface area (TPSA) is 35.9 Å². The van der Waals surface area contributed by atoms with Gasteiger partial charge in [-0.3, -0.25) is 0 Å². The number of likely N-dealkylation sites (tertiary alicyclic amines) is 1. The minimum absolute atomic E-state index is 0.331. The molecule has 0 aromatic carbocycles. The van der Waals surface area contributed by atoms with E-state index in [1.165, 1.54) is 25.7 Å². The van der Waals surface area contributed by atoms with Crippen molar-refractivity contribution in [2.24, 2.45) is 17.8 Å². The second-order valence-electron chi connectivity index (χ2n) is 8.83. The summed E-state index contributed by atoms with van der Waals surface area (Å²) >= 11 is 0. The molecular formula is C20H40N2O2. The van der Waals surface area contributed by atoms with Gasteiger partial charge in [0.25, 0.3) is 0 Å². The van der Waals surface area contributed by atoms with Gasteiger partial charge in [-0.25, -0.2) is 0 Å². The molecule has 24 heavy (non-hydrogen) atoms. The Labute approximate surface area is 149 Å². The van der Waals surface area contributed by atoms with Gasteiger partial charge in [-0.15, -0.1) is 0 Å². The van der Waals surface area contributed by atoms with Gasteiger partial charge < -0.3 is 19.6 Å². The first-order chi connectivity index (χ1) is 11.4. The summed E-state index contributed by atoms with van der Waals surface area (Å²) in [4.78, 5) is 4.73. The molecule has 1 saturated carbocycles. The summed E-state index contributed by atoms with van der Waals surface area (Å²) in [6.07, 6.45) is 6.11. The van der Waals surface area contributed by atoms with Crippen LogP contribution in [0.4, 0.5) is 0 Å². The Kier molecular flexibility index (Phi) is 7.99. The molecule has 0 spiro atoms. The van der Waals surface area contributed by atoms with E-state index in [0.29, 0.717) is 30.6 Å². The summed E-state index contributed by atoms with van der Waals surface area (Å²) in [5.74, 6) is 2.07. The van der Waals surface area contributed by atoms with Crippen LogP contribution in [0.2, 0.25) is 0 Å². The smallest absolute Gasteiger partial charge is 0.0900 e.